The summed E-state index contributed by atoms with van der Waals surface area (Å²) in [7, 11) is 1.49. The van der Waals surface area contributed by atoms with E-state index in [1.807, 2.05) is 24.3 Å². The summed E-state index contributed by atoms with van der Waals surface area (Å²) in [4.78, 5) is 16.9. The molecule has 9 heteroatoms. The number of anilines is 1. The van der Waals surface area contributed by atoms with Gasteiger partial charge in [0.2, 0.25) is 5.13 Å². The highest BCUT2D eigenvalue weighted by molar-refractivity contribution is 7.22. The first-order valence-electron chi connectivity index (χ1n) is 9.03. The first kappa shape index (κ1) is 21.1. The number of fused-ring (bicyclic) bond motifs is 1. The number of para-hydroxylation sites is 1. The quantitative estimate of drug-likeness (QED) is 0.155. The Kier molecular flexibility index (Phi) is 6.36. The van der Waals surface area contributed by atoms with Crippen LogP contribution in [-0.2, 0) is 0 Å². The minimum atomic E-state index is -0.612. The van der Waals surface area contributed by atoms with Crippen molar-refractivity contribution in [3.05, 3.63) is 81.8 Å². The standard InChI is InChI=1S/C22H15Cl2N3O3S/c1-29-19-10-13(12-25-27-22-26-17-4-2-3-5-20(17)31-22)6-9-18(19)30-21(28)15-8-7-14(23)11-16(15)24/h2-12H,1H3,(H,26,27)/b25-12-. The normalized spacial score (nSPS) is 11.1. The van der Waals surface area contributed by atoms with Gasteiger partial charge in [-0.15, -0.1) is 0 Å². The van der Waals surface area contributed by atoms with E-state index in [1.165, 1.54) is 30.6 Å². The Morgan fingerprint density at radius 1 is 1.10 bits per heavy atom. The minimum Gasteiger partial charge on any atom is -0.493 e. The molecule has 1 N–H and O–H groups in total. The van der Waals surface area contributed by atoms with Crippen molar-refractivity contribution in [2.45, 2.75) is 0 Å². The highest BCUT2D eigenvalue weighted by atomic mass is 35.5. The van der Waals surface area contributed by atoms with Crippen molar-refractivity contribution in [1.82, 2.24) is 4.98 Å². The molecular formula is C22H15Cl2N3O3S. The second-order valence-corrected chi connectivity index (χ2v) is 8.16. The zero-order chi connectivity index (χ0) is 21.8. The van der Waals surface area contributed by atoms with Crippen LogP contribution in [0.3, 0.4) is 0 Å². The van der Waals surface area contributed by atoms with E-state index < -0.39 is 5.97 Å². The van der Waals surface area contributed by atoms with Gasteiger partial charge in [0.05, 0.1) is 34.1 Å². The van der Waals surface area contributed by atoms with Crippen LogP contribution in [0.15, 0.2) is 65.8 Å². The van der Waals surface area contributed by atoms with Crippen molar-refractivity contribution in [2.24, 2.45) is 5.10 Å². The monoisotopic (exact) mass is 471 g/mol. The molecule has 0 atom stereocenters. The van der Waals surface area contributed by atoms with E-state index in [-0.39, 0.29) is 16.3 Å². The maximum Gasteiger partial charge on any atom is 0.345 e. The number of halogens is 2. The van der Waals surface area contributed by atoms with E-state index in [9.17, 15) is 4.79 Å². The maximum atomic E-state index is 12.5. The number of hydrogen-bond acceptors (Lipinski definition) is 7. The molecule has 0 saturated heterocycles. The molecule has 31 heavy (non-hydrogen) atoms. The molecule has 0 spiro atoms. The van der Waals surface area contributed by atoms with Crippen molar-refractivity contribution in [3.8, 4) is 11.5 Å². The summed E-state index contributed by atoms with van der Waals surface area (Å²) >= 11 is 13.5. The molecule has 3 aromatic carbocycles. The predicted octanol–water partition coefficient (Wildman–Crippen LogP) is 6.28. The fourth-order valence-electron chi connectivity index (χ4n) is 2.74. The molecule has 0 radical (unpaired) electrons. The van der Waals surface area contributed by atoms with Gasteiger partial charge in [-0.3, -0.25) is 5.43 Å². The molecule has 0 bridgehead atoms. The molecular weight excluding hydrogens is 457 g/mol. The van der Waals surface area contributed by atoms with Crippen molar-refractivity contribution in [3.63, 3.8) is 0 Å². The smallest absolute Gasteiger partial charge is 0.345 e. The number of nitrogens with one attached hydrogen (secondary N) is 1. The fraction of sp³-hybridized carbons (Fsp3) is 0.0455. The van der Waals surface area contributed by atoms with Gasteiger partial charge in [-0.1, -0.05) is 46.7 Å². The molecule has 156 valence electrons. The largest absolute Gasteiger partial charge is 0.493 e. The third-order valence-corrected chi connectivity index (χ3v) is 5.70. The number of hydrazone groups is 1. The molecule has 0 aliphatic carbocycles. The van der Waals surface area contributed by atoms with Crippen LogP contribution in [0.25, 0.3) is 10.2 Å². The Balaban J connectivity index is 1.47. The van der Waals surface area contributed by atoms with Gasteiger partial charge >= 0.3 is 5.97 Å². The lowest BCUT2D eigenvalue weighted by Crippen LogP contribution is -2.10. The molecule has 0 saturated carbocycles. The van der Waals surface area contributed by atoms with Gasteiger partial charge < -0.3 is 9.47 Å². The number of rotatable bonds is 6. The second kappa shape index (κ2) is 9.34. The van der Waals surface area contributed by atoms with Gasteiger partial charge in [0.25, 0.3) is 0 Å². The third kappa shape index (κ3) is 4.96. The Labute approximate surface area is 192 Å². The van der Waals surface area contributed by atoms with Gasteiger partial charge in [-0.25, -0.2) is 9.78 Å². The van der Waals surface area contributed by atoms with Crippen molar-refractivity contribution in [1.29, 1.82) is 0 Å². The molecule has 0 fully saturated rings. The average Bonchev–Trinajstić information content (AvgIpc) is 3.17. The lowest BCUT2D eigenvalue weighted by Gasteiger charge is -2.10. The minimum absolute atomic E-state index is 0.207. The van der Waals surface area contributed by atoms with Crippen LogP contribution in [0.5, 0.6) is 11.5 Å². The zero-order valence-electron chi connectivity index (χ0n) is 16.1. The maximum absolute atomic E-state index is 12.5. The van der Waals surface area contributed by atoms with Gasteiger partial charge in [0.15, 0.2) is 11.5 Å². The van der Waals surface area contributed by atoms with E-state index in [4.69, 9.17) is 32.7 Å². The summed E-state index contributed by atoms with van der Waals surface area (Å²) in [6.45, 7) is 0. The van der Waals surface area contributed by atoms with Gasteiger partial charge in [0, 0.05) is 5.02 Å². The van der Waals surface area contributed by atoms with Crippen LogP contribution in [-0.4, -0.2) is 24.3 Å². The number of hydrogen-bond donors (Lipinski definition) is 1. The Morgan fingerprint density at radius 3 is 2.71 bits per heavy atom. The van der Waals surface area contributed by atoms with Crippen molar-refractivity contribution >= 4 is 62.1 Å². The number of carbonyl (C=O) groups is 1. The fourth-order valence-corrected chi connectivity index (χ4v) is 4.04. The number of aromatic nitrogens is 1. The first-order valence-corrected chi connectivity index (χ1v) is 10.6. The molecule has 6 nitrogen and oxygen atoms in total. The molecule has 0 aliphatic heterocycles. The topological polar surface area (TPSA) is 72.8 Å². The molecule has 0 aliphatic rings. The van der Waals surface area contributed by atoms with E-state index in [1.54, 1.807) is 30.5 Å². The Morgan fingerprint density at radius 2 is 1.94 bits per heavy atom. The van der Waals surface area contributed by atoms with E-state index in [0.29, 0.717) is 15.9 Å². The van der Waals surface area contributed by atoms with E-state index in [0.717, 1.165) is 15.8 Å². The predicted molar refractivity (Wildman–Crippen MR) is 125 cm³/mol. The van der Waals surface area contributed by atoms with Crippen LogP contribution in [0, 0.1) is 0 Å². The first-order chi connectivity index (χ1) is 15.0. The number of nitrogens with zero attached hydrogens (tertiary/aromatic N) is 2. The van der Waals surface area contributed by atoms with Crippen LogP contribution >= 0.6 is 34.5 Å². The molecule has 0 amide bonds. The van der Waals surface area contributed by atoms with Crippen LogP contribution in [0.2, 0.25) is 10.0 Å². The molecule has 4 aromatic rings. The Hall–Kier alpha value is -3.13. The highest BCUT2D eigenvalue weighted by Crippen LogP contribution is 2.30. The molecule has 4 rings (SSSR count). The zero-order valence-corrected chi connectivity index (χ0v) is 18.5. The SMILES string of the molecule is COc1cc(/C=N\Nc2nc3ccccc3s2)ccc1OC(=O)c1ccc(Cl)cc1Cl. The van der Waals surface area contributed by atoms with Crippen molar-refractivity contribution < 1.29 is 14.3 Å². The van der Waals surface area contributed by atoms with E-state index in [2.05, 4.69) is 15.5 Å². The Bertz CT molecular complexity index is 1260. The average molecular weight is 472 g/mol. The number of carbonyl (C=O) groups excluding carboxylic acids is 1. The number of thiazole rings is 1. The van der Waals surface area contributed by atoms with Crippen LogP contribution in [0.1, 0.15) is 15.9 Å². The summed E-state index contributed by atoms with van der Waals surface area (Å²) < 4.78 is 11.9. The number of ether oxygens (including phenoxy) is 2. The highest BCUT2D eigenvalue weighted by Gasteiger charge is 2.16. The summed E-state index contributed by atoms with van der Waals surface area (Å²) in [6.07, 6.45) is 1.62. The number of methoxy groups -OCH3 is 1. The lowest BCUT2D eigenvalue weighted by atomic mass is 10.2. The number of esters is 1. The van der Waals surface area contributed by atoms with Crippen LogP contribution in [0.4, 0.5) is 5.13 Å². The molecule has 0 unspecified atom stereocenters. The van der Waals surface area contributed by atoms with Gasteiger partial charge in [-0.2, -0.15) is 5.10 Å². The number of benzene rings is 3. The summed E-state index contributed by atoms with van der Waals surface area (Å²) in [6, 6.07) is 17.5. The third-order valence-electron chi connectivity index (χ3n) is 4.21. The van der Waals surface area contributed by atoms with E-state index >= 15 is 0 Å². The van der Waals surface area contributed by atoms with Crippen LogP contribution < -0.4 is 14.9 Å². The molecule has 1 aromatic heterocycles. The summed E-state index contributed by atoms with van der Waals surface area (Å²) in [5, 5.41) is 5.55. The van der Waals surface area contributed by atoms with Gasteiger partial charge in [-0.05, 0) is 54.1 Å². The van der Waals surface area contributed by atoms with Gasteiger partial charge in [0.1, 0.15) is 0 Å². The van der Waals surface area contributed by atoms with Crippen molar-refractivity contribution in [2.75, 3.05) is 12.5 Å². The lowest BCUT2D eigenvalue weighted by molar-refractivity contribution is 0.0730. The summed E-state index contributed by atoms with van der Waals surface area (Å²) in [5.74, 6) is 0.0241. The second-order valence-electron chi connectivity index (χ2n) is 6.28. The molecule has 1 heterocycles. The summed E-state index contributed by atoms with van der Waals surface area (Å²) in [5.41, 5.74) is 4.79.